The Hall–Kier alpha value is -2.17. The molecule has 0 saturated heterocycles. The number of rotatable bonds is 6. The molecule has 2 N–H and O–H groups in total. The molecule has 0 radical (unpaired) electrons. The summed E-state index contributed by atoms with van der Waals surface area (Å²) >= 11 is 0. The fraction of sp³-hybridized carbons (Fsp3) is 0.375. The molecule has 0 saturated carbocycles. The smallest absolute Gasteiger partial charge is 0.132 e. The topological polar surface area (TPSA) is 49.8 Å². The highest BCUT2D eigenvalue weighted by Gasteiger charge is 2.12. The molecule has 0 bridgehead atoms. The minimum absolute atomic E-state index is 0.166. The van der Waals surface area contributed by atoms with Crippen molar-refractivity contribution in [2.45, 2.75) is 33.2 Å². The third-order valence-electron chi connectivity index (χ3n) is 3.18. The molecule has 1 aromatic carbocycles. The second-order valence-corrected chi connectivity index (χ2v) is 4.83. The van der Waals surface area contributed by atoms with Gasteiger partial charge in [-0.1, -0.05) is 25.1 Å². The van der Waals surface area contributed by atoms with E-state index in [0.717, 1.165) is 24.6 Å². The summed E-state index contributed by atoms with van der Waals surface area (Å²) in [6.45, 7) is 6.74. The zero-order valence-electron chi connectivity index (χ0n) is 12.7. The van der Waals surface area contributed by atoms with Crippen LogP contribution in [-0.2, 0) is 6.42 Å². The van der Waals surface area contributed by atoms with Crippen molar-refractivity contribution in [3.05, 3.63) is 47.5 Å². The Morgan fingerprint density at radius 2 is 1.86 bits per heavy atom. The second kappa shape index (κ2) is 7.02. The lowest BCUT2D eigenvalue weighted by Crippen LogP contribution is -2.12. The Bertz CT molecular complexity index is 601. The molecule has 21 heavy (non-hydrogen) atoms. The summed E-state index contributed by atoms with van der Waals surface area (Å²) in [5, 5.41) is 6.42. The molecule has 4 nitrogen and oxygen atoms in total. The van der Waals surface area contributed by atoms with Crippen LogP contribution in [0.5, 0.6) is 0 Å². The molecule has 1 unspecified atom stereocenters. The molecule has 1 atom stereocenters. The first-order valence-electron chi connectivity index (χ1n) is 7.26. The Kier molecular flexibility index (Phi) is 5.09. The first-order chi connectivity index (χ1) is 10.1. The lowest BCUT2D eigenvalue weighted by Gasteiger charge is -2.17. The van der Waals surface area contributed by atoms with Gasteiger partial charge in [-0.05, 0) is 19.9 Å². The lowest BCUT2D eigenvalue weighted by molar-refractivity contribution is 0.600. The van der Waals surface area contributed by atoms with Gasteiger partial charge < -0.3 is 10.6 Å². The molecule has 0 amide bonds. The largest absolute Gasteiger partial charge is 0.370 e. The van der Waals surface area contributed by atoms with Gasteiger partial charge >= 0.3 is 0 Å². The summed E-state index contributed by atoms with van der Waals surface area (Å²) in [4.78, 5) is 8.85. The lowest BCUT2D eigenvalue weighted by atomic mass is 10.1. The first-order valence-corrected chi connectivity index (χ1v) is 7.26. The number of nitrogens with one attached hydrogen (secondary N) is 2. The van der Waals surface area contributed by atoms with Crippen LogP contribution >= 0.6 is 0 Å². The molecule has 0 aliphatic heterocycles. The molecule has 112 valence electrons. The maximum absolute atomic E-state index is 13.8. The second-order valence-electron chi connectivity index (χ2n) is 4.83. The predicted octanol–water partition coefficient (Wildman–Crippen LogP) is 3.78. The zero-order valence-corrected chi connectivity index (χ0v) is 12.7. The van der Waals surface area contributed by atoms with Gasteiger partial charge in [-0.25, -0.2) is 14.4 Å². The van der Waals surface area contributed by atoms with Gasteiger partial charge in [0.25, 0.3) is 0 Å². The molecule has 0 fully saturated rings. The van der Waals surface area contributed by atoms with E-state index >= 15 is 0 Å². The maximum Gasteiger partial charge on any atom is 0.132 e. The van der Waals surface area contributed by atoms with E-state index in [2.05, 4.69) is 20.6 Å². The summed E-state index contributed by atoms with van der Waals surface area (Å²) in [6.07, 6.45) is 0.752. The van der Waals surface area contributed by atoms with Gasteiger partial charge in [0.1, 0.15) is 23.3 Å². The van der Waals surface area contributed by atoms with E-state index in [1.165, 1.54) is 6.07 Å². The number of halogens is 1. The van der Waals surface area contributed by atoms with Crippen LogP contribution in [0.2, 0.25) is 0 Å². The Morgan fingerprint density at radius 1 is 1.14 bits per heavy atom. The minimum atomic E-state index is -0.214. The van der Waals surface area contributed by atoms with E-state index in [1.54, 1.807) is 12.1 Å². The quantitative estimate of drug-likeness (QED) is 0.849. The molecule has 2 aromatic rings. The molecular weight excluding hydrogens is 267 g/mol. The third-order valence-corrected chi connectivity index (χ3v) is 3.18. The first kappa shape index (κ1) is 15.2. The Balaban J connectivity index is 2.22. The van der Waals surface area contributed by atoms with E-state index in [-0.39, 0.29) is 11.9 Å². The van der Waals surface area contributed by atoms with Gasteiger partial charge in [0, 0.05) is 24.6 Å². The highest BCUT2D eigenvalue weighted by atomic mass is 19.1. The third kappa shape index (κ3) is 3.90. The van der Waals surface area contributed by atoms with E-state index < -0.39 is 0 Å². The number of nitrogens with zero attached hydrogens (tertiary/aromatic N) is 2. The van der Waals surface area contributed by atoms with Crippen LogP contribution in [0, 0.1) is 5.82 Å². The molecule has 1 heterocycles. The van der Waals surface area contributed by atoms with E-state index in [4.69, 9.17) is 0 Å². The van der Waals surface area contributed by atoms with Crippen LogP contribution < -0.4 is 10.6 Å². The summed E-state index contributed by atoms with van der Waals surface area (Å²) in [5.41, 5.74) is 0.624. The molecule has 5 heteroatoms. The summed E-state index contributed by atoms with van der Waals surface area (Å²) < 4.78 is 13.8. The van der Waals surface area contributed by atoms with Crippen LogP contribution in [0.15, 0.2) is 30.3 Å². The van der Waals surface area contributed by atoms with Crippen molar-refractivity contribution in [1.82, 2.24) is 9.97 Å². The van der Waals surface area contributed by atoms with Gasteiger partial charge in [-0.2, -0.15) is 0 Å². The van der Waals surface area contributed by atoms with Crippen molar-refractivity contribution in [1.29, 1.82) is 0 Å². The molecule has 2 rings (SSSR count). The number of benzene rings is 1. The van der Waals surface area contributed by atoms with Gasteiger partial charge in [-0.15, -0.1) is 0 Å². The standard InChI is InChI=1S/C16H21FN4/c1-4-14-20-15(18-5-2)10-16(21-14)19-11(3)12-8-6-7-9-13(12)17/h6-11H,4-5H2,1-3H3,(H2,18,19,20,21). The highest BCUT2D eigenvalue weighted by Crippen LogP contribution is 2.21. The van der Waals surface area contributed by atoms with Crippen LogP contribution in [0.1, 0.15) is 38.2 Å². The number of aromatic nitrogens is 2. The number of hydrogen-bond acceptors (Lipinski definition) is 4. The van der Waals surface area contributed by atoms with Crippen molar-refractivity contribution in [3.63, 3.8) is 0 Å². The predicted molar refractivity (Wildman–Crippen MR) is 84.0 cm³/mol. The highest BCUT2D eigenvalue weighted by molar-refractivity contribution is 5.49. The van der Waals surface area contributed by atoms with Crippen LogP contribution in [-0.4, -0.2) is 16.5 Å². The minimum Gasteiger partial charge on any atom is -0.370 e. The van der Waals surface area contributed by atoms with Crippen molar-refractivity contribution in [2.24, 2.45) is 0 Å². The normalized spacial score (nSPS) is 12.0. The van der Waals surface area contributed by atoms with Gasteiger partial charge in [0.05, 0.1) is 6.04 Å². The molecular formula is C16H21FN4. The molecule has 0 spiro atoms. The molecule has 0 aliphatic rings. The fourth-order valence-corrected chi connectivity index (χ4v) is 2.13. The average molecular weight is 288 g/mol. The number of hydrogen-bond donors (Lipinski definition) is 2. The van der Waals surface area contributed by atoms with E-state index in [9.17, 15) is 4.39 Å². The van der Waals surface area contributed by atoms with Gasteiger partial charge in [-0.3, -0.25) is 0 Å². The van der Waals surface area contributed by atoms with Crippen LogP contribution in [0.3, 0.4) is 0 Å². The fourth-order valence-electron chi connectivity index (χ4n) is 2.13. The summed E-state index contributed by atoms with van der Waals surface area (Å²) in [5.74, 6) is 2.03. The zero-order chi connectivity index (χ0) is 15.2. The maximum atomic E-state index is 13.8. The number of aryl methyl sites for hydroxylation is 1. The van der Waals surface area contributed by atoms with Crippen LogP contribution in [0.25, 0.3) is 0 Å². The summed E-state index contributed by atoms with van der Waals surface area (Å²) in [6, 6.07) is 8.45. The van der Waals surface area contributed by atoms with Crippen LogP contribution in [0.4, 0.5) is 16.0 Å². The molecule has 1 aromatic heterocycles. The number of anilines is 2. The Labute approximate surface area is 124 Å². The summed E-state index contributed by atoms with van der Waals surface area (Å²) in [7, 11) is 0. The van der Waals surface area contributed by atoms with Gasteiger partial charge in [0.15, 0.2) is 0 Å². The van der Waals surface area contributed by atoms with E-state index in [1.807, 2.05) is 32.9 Å². The monoisotopic (exact) mass is 288 g/mol. The van der Waals surface area contributed by atoms with Crippen molar-refractivity contribution >= 4 is 11.6 Å². The van der Waals surface area contributed by atoms with E-state index in [0.29, 0.717) is 11.4 Å². The molecule has 0 aliphatic carbocycles. The van der Waals surface area contributed by atoms with Crippen molar-refractivity contribution in [2.75, 3.05) is 17.2 Å². The average Bonchev–Trinajstić information content (AvgIpc) is 2.47. The van der Waals surface area contributed by atoms with Crippen molar-refractivity contribution < 1.29 is 4.39 Å². The Morgan fingerprint density at radius 3 is 2.52 bits per heavy atom. The van der Waals surface area contributed by atoms with Crippen molar-refractivity contribution in [3.8, 4) is 0 Å². The SMILES string of the molecule is CCNc1cc(NC(C)c2ccccc2F)nc(CC)n1. The van der Waals surface area contributed by atoms with Gasteiger partial charge in [0.2, 0.25) is 0 Å².